The van der Waals surface area contributed by atoms with E-state index in [1.165, 1.54) is 12.1 Å². The maximum absolute atomic E-state index is 14.7. The molecule has 60 heavy (non-hydrogen) atoms. The van der Waals surface area contributed by atoms with E-state index in [1.807, 2.05) is 5.32 Å². The monoisotopic (exact) mass is 849 g/mol. The van der Waals surface area contributed by atoms with Gasteiger partial charge in [0.2, 0.25) is 5.91 Å². The van der Waals surface area contributed by atoms with Crippen molar-refractivity contribution in [1.82, 2.24) is 31.4 Å². The van der Waals surface area contributed by atoms with E-state index < -0.39 is 99.8 Å². The lowest BCUT2D eigenvalue weighted by molar-refractivity contribution is -0.132. The van der Waals surface area contributed by atoms with Crippen LogP contribution in [-0.4, -0.2) is 124 Å². The van der Waals surface area contributed by atoms with Crippen LogP contribution in [0.5, 0.6) is 0 Å². The summed E-state index contributed by atoms with van der Waals surface area (Å²) < 4.78 is 122. The largest absolute Gasteiger partial charge is 0.453 e. The van der Waals surface area contributed by atoms with Gasteiger partial charge in [0.1, 0.15) is 18.7 Å². The Hall–Kier alpha value is -5.13. The minimum Gasteiger partial charge on any atom is -0.453 e. The summed E-state index contributed by atoms with van der Waals surface area (Å²) in [5.74, 6) is -2.56. The molecule has 0 spiro atoms. The Labute approximate surface area is 370 Å². The first kappa shape index (κ1) is 33.6. The van der Waals surface area contributed by atoms with Crippen molar-refractivity contribution in [3.8, 4) is 11.3 Å². The third-order valence-electron chi connectivity index (χ3n) is 8.76. The fraction of sp³-hybridized carbons (Fsp3) is 0.523. The molecule has 0 bridgehead atoms. The fourth-order valence-electron chi connectivity index (χ4n) is 5.69. The summed E-state index contributed by atoms with van der Waals surface area (Å²) in [6.45, 7) is -8.05. The fourth-order valence-corrected chi connectivity index (χ4v) is 5.69. The number of alkyl carbamates (subject to hydrolysis) is 2. The molecule has 1 aromatic heterocycles. The molecule has 0 aliphatic carbocycles. The number of pyridine rings is 1. The average molecular weight is 849 g/mol. The van der Waals surface area contributed by atoms with Crippen LogP contribution >= 0.6 is 0 Å². The Balaban J connectivity index is 2.10. The molecule has 0 fully saturated rings. The van der Waals surface area contributed by atoms with Crippen LogP contribution in [0.1, 0.15) is 68.9 Å². The quantitative estimate of drug-likeness (QED) is 0.0673. The first-order chi connectivity index (χ1) is 33.4. The molecule has 3 rings (SSSR count). The molecule has 330 valence electrons. The summed E-state index contributed by atoms with van der Waals surface area (Å²) in [6.07, 6.45) is -3.50. The van der Waals surface area contributed by atoms with Gasteiger partial charge in [-0.3, -0.25) is 20.0 Å². The molecule has 2 aromatic carbocycles. The van der Waals surface area contributed by atoms with Crippen molar-refractivity contribution in [3.05, 3.63) is 90.1 Å². The number of amides is 4. The number of aromatic nitrogens is 1. The van der Waals surface area contributed by atoms with Crippen molar-refractivity contribution in [2.45, 2.75) is 78.5 Å². The predicted octanol–water partition coefficient (Wildman–Crippen LogP) is 4.26. The first-order valence-corrected chi connectivity index (χ1v) is 19.1. The average Bonchev–Trinajstić information content (AvgIpc) is 3.25. The highest BCUT2D eigenvalue weighted by Crippen LogP contribution is 2.23. The van der Waals surface area contributed by atoms with Gasteiger partial charge in [0.05, 0.1) is 62.0 Å². The smallest absolute Gasteiger partial charge is 0.407 e. The number of hydrogen-bond acceptors (Lipinski definition) is 12. The molecule has 0 unspecified atom stereocenters. The molecule has 0 radical (unpaired) electrons. The molecule has 1 heterocycles. The van der Waals surface area contributed by atoms with Crippen LogP contribution in [0.3, 0.4) is 0 Å². The Morgan fingerprint density at radius 3 is 2.00 bits per heavy atom. The molecule has 0 saturated heterocycles. The number of hydrogen-bond donors (Lipinski definition) is 5. The summed E-state index contributed by atoms with van der Waals surface area (Å²) in [4.78, 5) is 59.3. The number of benzene rings is 2. The number of methoxy groups -OCH3 is 2. The number of ether oxygens (including phenoxy) is 5. The minimum atomic E-state index is -4.01. The van der Waals surface area contributed by atoms with E-state index in [1.54, 1.807) is 99.8 Å². The molecule has 0 aliphatic rings. The van der Waals surface area contributed by atoms with Gasteiger partial charge in [0, 0.05) is 44.3 Å². The molecular weight excluding hydrogens is 773 g/mol. The lowest BCUT2D eigenvalue weighted by Gasteiger charge is -2.35. The number of aliphatic hydroxyl groups is 1. The number of hydrazine groups is 1. The van der Waals surface area contributed by atoms with Crippen LogP contribution in [0.2, 0.25) is 0 Å². The van der Waals surface area contributed by atoms with Gasteiger partial charge in [-0.05, 0) is 40.5 Å². The molecule has 0 aliphatic heterocycles. The second-order valence-corrected chi connectivity index (χ2v) is 14.7. The highest BCUT2D eigenvalue weighted by atomic mass is 16.6. The van der Waals surface area contributed by atoms with Crippen LogP contribution in [-0.2, 0) is 46.2 Å². The van der Waals surface area contributed by atoms with Gasteiger partial charge in [-0.15, -0.1) is 0 Å². The Kier molecular flexibility index (Phi) is 13.9. The number of aliphatic hydroxyl groups excluding tert-OH is 1. The lowest BCUT2D eigenvalue weighted by Crippen LogP contribution is -2.61. The van der Waals surface area contributed by atoms with Crippen LogP contribution in [0.15, 0.2) is 79.0 Å². The lowest BCUT2D eigenvalue weighted by atomic mass is 9.85. The molecule has 4 atom stereocenters. The van der Waals surface area contributed by atoms with E-state index in [2.05, 4.69) is 25.8 Å². The molecule has 4 amide bonds. The zero-order valence-corrected chi connectivity index (χ0v) is 34.2. The van der Waals surface area contributed by atoms with Crippen molar-refractivity contribution < 1.29 is 64.4 Å². The maximum Gasteiger partial charge on any atom is 0.407 e. The van der Waals surface area contributed by atoms with Crippen LogP contribution in [0.4, 0.5) is 9.59 Å². The van der Waals surface area contributed by atoms with Crippen molar-refractivity contribution in [1.29, 1.82) is 0 Å². The molecule has 16 heteroatoms. The zero-order chi connectivity index (χ0) is 54.1. The van der Waals surface area contributed by atoms with Gasteiger partial charge < -0.3 is 44.7 Å². The molecule has 0 saturated carbocycles. The zero-order valence-electron chi connectivity index (χ0n) is 46.2. The number of nitrogens with one attached hydrogen (secondary N) is 4. The molecule has 5 N–H and O–H groups in total. The minimum absolute atomic E-state index is 0.0554. The SMILES string of the molecule is [2H]C([2H])([2H])OC(=O)N[C@H](C(=O)NN(Cc1ccc(-c2ccccn2)cc1)C[C@H](O)[C@H](Cc1ccccc1)NC(=O)[C@@H](NC(=O)OCCOCCOCCOC)C(C([2H])([2H])[2H])(C([2H])([2H])[2H])C([2H])([2H])[2H])C(C)(C)C. The van der Waals surface area contributed by atoms with Crippen LogP contribution < -0.4 is 21.4 Å². The summed E-state index contributed by atoms with van der Waals surface area (Å²) in [7, 11) is -1.66. The number of rotatable bonds is 23. The second-order valence-electron chi connectivity index (χ2n) is 14.7. The molecule has 16 nitrogen and oxygen atoms in total. The van der Waals surface area contributed by atoms with Crippen molar-refractivity contribution in [2.75, 3.05) is 60.3 Å². The summed E-state index contributed by atoms with van der Waals surface area (Å²) in [5, 5.41) is 20.0. The maximum atomic E-state index is 14.7. The normalized spacial score (nSPS) is 17.5. The third-order valence-corrected chi connectivity index (χ3v) is 8.76. The van der Waals surface area contributed by atoms with Gasteiger partial charge in [0.25, 0.3) is 5.91 Å². The standard InChI is InChI=1S/C44H64N6O10/c1-43(2,3)37(48-42(55)60-27-26-59-25-24-58-23-22-56-7)39(52)46-35(28-31-14-10-9-11-15-31)36(51)30-50(49-40(53)38(44(4,5)6)47-41(54)57-8)29-32-17-19-33(20-18-32)34-16-12-13-21-45-34/h9-21,35-38,51H,22-30H2,1-8H3,(H,46,52)(H,47,54)(H,48,55)(H,49,53)/t35-,36-,37+,38+/m0/s1/i1D3,2D3,3D3,8D3. The van der Waals surface area contributed by atoms with Gasteiger partial charge in [-0.2, -0.15) is 0 Å². The van der Waals surface area contributed by atoms with Gasteiger partial charge in [-0.25, -0.2) is 14.6 Å². The third kappa shape index (κ3) is 17.6. The molecular formula is C44H64N6O10. The highest BCUT2D eigenvalue weighted by molar-refractivity contribution is 5.87. The van der Waals surface area contributed by atoms with E-state index in [0.29, 0.717) is 23.4 Å². The first-order valence-electron chi connectivity index (χ1n) is 25.1. The highest BCUT2D eigenvalue weighted by Gasteiger charge is 2.37. The number of carbonyl (C=O) groups is 4. The number of carbonyl (C=O) groups excluding carboxylic acids is 4. The number of nitrogens with zero attached hydrogens (tertiary/aromatic N) is 2. The van der Waals surface area contributed by atoms with Crippen molar-refractivity contribution in [2.24, 2.45) is 10.8 Å². The van der Waals surface area contributed by atoms with E-state index in [4.69, 9.17) is 35.4 Å². The van der Waals surface area contributed by atoms with Crippen LogP contribution in [0, 0.1) is 10.8 Å². The van der Waals surface area contributed by atoms with E-state index in [-0.39, 0.29) is 39.4 Å². The molecule has 3 aromatic rings. The van der Waals surface area contributed by atoms with Gasteiger partial charge >= 0.3 is 12.2 Å². The topological polar surface area (TPSA) is 199 Å². The Morgan fingerprint density at radius 2 is 1.38 bits per heavy atom. The predicted molar refractivity (Wildman–Crippen MR) is 226 cm³/mol. The van der Waals surface area contributed by atoms with Crippen molar-refractivity contribution in [3.63, 3.8) is 0 Å². The van der Waals surface area contributed by atoms with Gasteiger partial charge in [-0.1, -0.05) is 102 Å². The summed E-state index contributed by atoms with van der Waals surface area (Å²) in [6, 6.07) is 14.4. The van der Waals surface area contributed by atoms with Crippen LogP contribution in [0.25, 0.3) is 11.3 Å². The Morgan fingerprint density at radius 1 is 0.750 bits per heavy atom. The summed E-state index contributed by atoms with van der Waals surface area (Å²) in [5.41, 5.74) is -0.0713. The summed E-state index contributed by atoms with van der Waals surface area (Å²) >= 11 is 0. The van der Waals surface area contributed by atoms with Crippen molar-refractivity contribution >= 4 is 24.0 Å². The van der Waals surface area contributed by atoms with E-state index in [9.17, 15) is 24.3 Å². The van der Waals surface area contributed by atoms with E-state index >= 15 is 0 Å². The second kappa shape index (κ2) is 24.8. The Bertz CT molecular complexity index is 2130. The van der Waals surface area contributed by atoms with Gasteiger partial charge in [0.15, 0.2) is 0 Å². The van der Waals surface area contributed by atoms with E-state index in [0.717, 1.165) is 5.56 Å².